The van der Waals surface area contributed by atoms with E-state index < -0.39 is 6.09 Å². The van der Waals surface area contributed by atoms with E-state index in [0.29, 0.717) is 5.95 Å². The predicted octanol–water partition coefficient (Wildman–Crippen LogP) is 1.85. The molecule has 0 spiro atoms. The zero-order chi connectivity index (χ0) is 12.4. The Morgan fingerprint density at radius 1 is 1.59 bits per heavy atom. The second kappa shape index (κ2) is 5.34. The Balaban J connectivity index is 2.09. The van der Waals surface area contributed by atoms with Gasteiger partial charge in [-0.3, -0.25) is 0 Å². The van der Waals surface area contributed by atoms with Gasteiger partial charge in [-0.15, -0.1) is 0 Å². The molecule has 0 bridgehead atoms. The summed E-state index contributed by atoms with van der Waals surface area (Å²) >= 11 is 5.49. The van der Waals surface area contributed by atoms with Crippen LogP contribution in [0.1, 0.15) is 6.42 Å². The van der Waals surface area contributed by atoms with Gasteiger partial charge in [-0.2, -0.15) is 0 Å². The van der Waals surface area contributed by atoms with Crippen LogP contribution in [0.25, 0.3) is 0 Å². The smallest absolute Gasteiger partial charge is 0.404 e. The molecule has 6 nitrogen and oxygen atoms in total. The second-order valence-corrected chi connectivity index (χ2v) is 5.80. The molecule has 1 aromatic rings. The minimum absolute atomic E-state index is 0.0323. The molecule has 2 atom stereocenters. The van der Waals surface area contributed by atoms with Gasteiger partial charge in [0, 0.05) is 18.9 Å². The third-order valence-corrected chi connectivity index (χ3v) is 4.43. The number of carbonyl (C=O) groups is 1. The zero-order valence-corrected chi connectivity index (χ0v) is 12.4. The highest BCUT2D eigenvalue weighted by Gasteiger charge is 2.34. The highest BCUT2D eigenvalue weighted by molar-refractivity contribution is 14.1. The number of nitrogens with zero attached hydrogens (tertiary/aromatic N) is 3. The van der Waals surface area contributed by atoms with Crippen LogP contribution in [0.2, 0.25) is 0 Å². The maximum Gasteiger partial charge on any atom is 0.404 e. The third kappa shape index (κ3) is 2.97. The fraction of sp³-hybridized carbons (Fsp3) is 0.444. The summed E-state index contributed by atoms with van der Waals surface area (Å²) in [5.74, 6) is 0.627. The lowest BCUT2D eigenvalue weighted by Gasteiger charge is -2.22. The van der Waals surface area contributed by atoms with E-state index in [1.165, 1.54) is 0 Å². The van der Waals surface area contributed by atoms with E-state index >= 15 is 0 Å². The summed E-state index contributed by atoms with van der Waals surface area (Å²) in [6.45, 7) is 0.750. The van der Waals surface area contributed by atoms with Crippen molar-refractivity contribution in [1.82, 2.24) is 15.3 Å². The van der Waals surface area contributed by atoms with E-state index in [0.717, 1.165) is 17.4 Å². The summed E-state index contributed by atoms with van der Waals surface area (Å²) in [4.78, 5) is 21.0. The molecule has 8 heteroatoms. The maximum atomic E-state index is 10.6. The highest BCUT2D eigenvalue weighted by atomic mass is 127. The minimum atomic E-state index is -0.991. The lowest BCUT2D eigenvalue weighted by molar-refractivity contribution is 0.190. The quantitative estimate of drug-likeness (QED) is 0.440. The van der Waals surface area contributed by atoms with Crippen molar-refractivity contribution in [1.29, 1.82) is 0 Å². The zero-order valence-electron chi connectivity index (χ0n) is 8.68. The van der Waals surface area contributed by atoms with Gasteiger partial charge in [0.1, 0.15) is 4.05 Å². The molecule has 1 saturated heterocycles. The van der Waals surface area contributed by atoms with Crippen LogP contribution in [-0.2, 0) is 0 Å². The lowest BCUT2D eigenvalue weighted by Crippen LogP contribution is -2.41. The van der Waals surface area contributed by atoms with Crippen LogP contribution in [0, 0.1) is 0 Å². The molecule has 1 aliphatic rings. The monoisotopic (exact) mass is 412 g/mol. The fourth-order valence-electron chi connectivity index (χ4n) is 1.72. The molecule has 1 aromatic heterocycles. The number of halogens is 2. The van der Waals surface area contributed by atoms with Gasteiger partial charge in [0.2, 0.25) is 5.95 Å². The van der Waals surface area contributed by atoms with Gasteiger partial charge >= 0.3 is 6.09 Å². The first kappa shape index (κ1) is 12.8. The number of hydrogen-bond acceptors (Lipinski definition) is 4. The molecule has 0 aliphatic carbocycles. The topological polar surface area (TPSA) is 78.4 Å². The van der Waals surface area contributed by atoms with Crippen LogP contribution in [0.5, 0.6) is 0 Å². The average Bonchev–Trinajstić information content (AvgIpc) is 2.61. The first-order valence-corrected chi connectivity index (χ1v) is 6.99. The van der Waals surface area contributed by atoms with Gasteiger partial charge in [0.25, 0.3) is 0 Å². The van der Waals surface area contributed by atoms with Crippen molar-refractivity contribution in [3.63, 3.8) is 0 Å². The summed E-state index contributed by atoms with van der Waals surface area (Å²) in [5, 5.41) is 11.2. The number of hydrogen-bond donors (Lipinski definition) is 2. The Kier molecular flexibility index (Phi) is 4.02. The predicted molar refractivity (Wildman–Crippen MR) is 74.5 cm³/mol. The molecule has 2 heterocycles. The molecule has 0 aromatic carbocycles. The molecule has 2 N–H and O–H groups in total. The van der Waals surface area contributed by atoms with Gasteiger partial charge in [-0.1, -0.05) is 22.6 Å². The van der Waals surface area contributed by atoms with Crippen molar-refractivity contribution in [2.45, 2.75) is 16.5 Å². The number of carboxylic acid groups (broad SMARTS) is 1. The van der Waals surface area contributed by atoms with Crippen molar-refractivity contribution < 1.29 is 9.90 Å². The van der Waals surface area contributed by atoms with Crippen LogP contribution < -0.4 is 10.2 Å². The molecule has 0 radical (unpaired) electrons. The fourth-order valence-corrected chi connectivity index (χ4v) is 2.99. The summed E-state index contributed by atoms with van der Waals surface area (Å²) in [7, 11) is 0. The molecular formula is C9H10BrIN4O2. The summed E-state index contributed by atoms with van der Waals surface area (Å²) < 4.78 is 0.857. The molecule has 17 heavy (non-hydrogen) atoms. The molecule has 1 fully saturated rings. The number of aromatic nitrogens is 2. The number of rotatable bonds is 2. The Bertz CT molecular complexity index is 416. The van der Waals surface area contributed by atoms with Crippen molar-refractivity contribution in [2.24, 2.45) is 0 Å². The van der Waals surface area contributed by atoms with E-state index in [4.69, 9.17) is 5.11 Å². The van der Waals surface area contributed by atoms with Crippen LogP contribution in [0.15, 0.2) is 16.9 Å². The van der Waals surface area contributed by atoms with Gasteiger partial charge in [-0.05, 0) is 22.4 Å². The van der Waals surface area contributed by atoms with Crippen LogP contribution in [0.3, 0.4) is 0 Å². The van der Waals surface area contributed by atoms with E-state index in [1.807, 2.05) is 4.90 Å². The van der Waals surface area contributed by atoms with Gasteiger partial charge in [-0.25, -0.2) is 14.8 Å². The van der Waals surface area contributed by atoms with Crippen molar-refractivity contribution in [3.8, 4) is 0 Å². The first-order valence-electron chi connectivity index (χ1n) is 4.95. The molecule has 1 aliphatic heterocycles. The Labute approximate surface area is 120 Å². The summed E-state index contributed by atoms with van der Waals surface area (Å²) in [6, 6.07) is -0.0830. The SMILES string of the molecule is O=C(O)NC1CCN(c2ncc(Br)cn2)C1I. The van der Waals surface area contributed by atoms with Crippen LogP contribution >= 0.6 is 38.5 Å². The van der Waals surface area contributed by atoms with E-state index in [9.17, 15) is 4.79 Å². The van der Waals surface area contributed by atoms with E-state index in [-0.39, 0.29) is 10.1 Å². The molecular weight excluding hydrogens is 403 g/mol. The second-order valence-electron chi connectivity index (χ2n) is 3.61. The highest BCUT2D eigenvalue weighted by Crippen LogP contribution is 2.27. The van der Waals surface area contributed by atoms with Gasteiger partial charge in [0.05, 0.1) is 10.5 Å². The molecule has 2 unspecified atom stereocenters. The Hall–Kier alpha value is -0.640. The van der Waals surface area contributed by atoms with Gasteiger partial charge in [0.15, 0.2) is 0 Å². The summed E-state index contributed by atoms with van der Waals surface area (Å²) in [6.07, 6.45) is 3.14. The molecule has 1 amide bonds. The standard InChI is InChI=1S/C9H10BrIN4O2/c10-5-3-12-8(13-4-5)15-2-1-6(7(15)11)14-9(16)17/h3-4,6-7,14H,1-2H2,(H,16,17). The minimum Gasteiger partial charge on any atom is -0.465 e. The Morgan fingerprint density at radius 2 is 2.24 bits per heavy atom. The Morgan fingerprint density at radius 3 is 2.82 bits per heavy atom. The number of nitrogens with one attached hydrogen (secondary N) is 1. The largest absolute Gasteiger partial charge is 0.465 e. The van der Waals surface area contributed by atoms with Gasteiger partial charge < -0.3 is 15.3 Å². The summed E-state index contributed by atoms with van der Waals surface area (Å²) in [5.41, 5.74) is 0. The van der Waals surface area contributed by atoms with Crippen LogP contribution in [-0.4, -0.2) is 37.8 Å². The van der Waals surface area contributed by atoms with E-state index in [2.05, 4.69) is 53.8 Å². The normalized spacial score (nSPS) is 23.8. The number of alkyl halides is 1. The number of anilines is 1. The third-order valence-electron chi connectivity index (χ3n) is 2.48. The molecule has 2 rings (SSSR count). The number of amides is 1. The van der Waals surface area contributed by atoms with Crippen molar-refractivity contribution in [3.05, 3.63) is 16.9 Å². The lowest BCUT2D eigenvalue weighted by atomic mass is 10.3. The van der Waals surface area contributed by atoms with Crippen molar-refractivity contribution in [2.75, 3.05) is 11.4 Å². The molecule has 92 valence electrons. The van der Waals surface area contributed by atoms with Crippen LogP contribution in [0.4, 0.5) is 10.7 Å². The van der Waals surface area contributed by atoms with Crippen molar-refractivity contribution >= 4 is 50.6 Å². The average molecular weight is 413 g/mol. The first-order chi connectivity index (χ1) is 8.08. The maximum absolute atomic E-state index is 10.6. The molecule has 0 saturated carbocycles. The van der Waals surface area contributed by atoms with E-state index in [1.54, 1.807) is 12.4 Å².